The third kappa shape index (κ3) is 9.06. The summed E-state index contributed by atoms with van der Waals surface area (Å²) in [6, 6.07) is -2.81. The van der Waals surface area contributed by atoms with Crippen LogP contribution in [0.25, 0.3) is 0 Å². The highest BCUT2D eigenvalue weighted by molar-refractivity contribution is 7.86. The van der Waals surface area contributed by atoms with E-state index in [1.165, 1.54) is 6.92 Å². The maximum atomic E-state index is 11.0. The summed E-state index contributed by atoms with van der Waals surface area (Å²) in [5.74, 6) is -6.37. The number of rotatable bonds is 11. The molecule has 0 heterocycles. The minimum atomic E-state index is -4.86. The Hall–Kier alpha value is -1.36. The highest BCUT2D eigenvalue weighted by atomic mass is 32.2. The molecule has 0 amide bonds. The minimum Gasteiger partial charge on any atom is -0.480 e. The molecule has 0 saturated heterocycles. The molecule has 15 heteroatoms. The molecule has 0 rings (SSSR count). The van der Waals surface area contributed by atoms with Crippen LogP contribution in [-0.2, 0) is 29.8 Å². The van der Waals surface area contributed by atoms with Crippen LogP contribution in [0.4, 0.5) is 0 Å². The van der Waals surface area contributed by atoms with Gasteiger partial charge in [-0.05, 0) is 6.92 Å². The Kier molecular flexibility index (Phi) is 7.68. The van der Waals surface area contributed by atoms with Gasteiger partial charge >= 0.3 is 11.9 Å². The molecule has 0 aromatic carbocycles. The topological polar surface area (TPSA) is 228 Å². The zero-order valence-corrected chi connectivity index (χ0v) is 13.9. The molecule has 0 aliphatic rings. The molecule has 3 atom stereocenters. The number of nitrogens with one attached hydrogen (secondary N) is 2. The Morgan fingerprint density at radius 2 is 1.58 bits per heavy atom. The molecule has 0 spiro atoms. The predicted molar refractivity (Wildman–Crippen MR) is 77.4 cm³/mol. The smallest absolute Gasteiger partial charge is 0.352 e. The lowest BCUT2D eigenvalue weighted by atomic mass is 10.2. The first-order chi connectivity index (χ1) is 10.6. The van der Waals surface area contributed by atoms with Crippen LogP contribution < -0.4 is 10.6 Å². The fraction of sp³-hybridized carbons (Fsp3) is 0.778. The lowest BCUT2D eigenvalue weighted by Crippen LogP contribution is -2.61. The van der Waals surface area contributed by atoms with E-state index in [1.54, 1.807) is 0 Å². The second-order valence-electron chi connectivity index (χ2n) is 4.98. The monoisotopic (exact) mass is 394 g/mol. The SMILES string of the molecule is CC(CNC(CS(=O)(=O)O)C(=O)O)NC(O)(CS(=O)(=O)O)C(=O)O. The van der Waals surface area contributed by atoms with Gasteiger partial charge in [0.25, 0.3) is 20.2 Å². The normalized spacial score (nSPS) is 17.7. The van der Waals surface area contributed by atoms with Gasteiger partial charge < -0.3 is 20.6 Å². The van der Waals surface area contributed by atoms with Gasteiger partial charge in [-0.3, -0.25) is 19.2 Å². The van der Waals surface area contributed by atoms with Crippen LogP contribution in [0.1, 0.15) is 6.92 Å². The summed E-state index contributed by atoms with van der Waals surface area (Å²) < 4.78 is 60.2. The lowest BCUT2D eigenvalue weighted by Gasteiger charge is -2.28. The van der Waals surface area contributed by atoms with E-state index >= 15 is 0 Å². The van der Waals surface area contributed by atoms with Crippen molar-refractivity contribution in [1.29, 1.82) is 0 Å². The molecule has 0 radical (unpaired) electrons. The van der Waals surface area contributed by atoms with Gasteiger partial charge in [-0.2, -0.15) is 16.8 Å². The van der Waals surface area contributed by atoms with E-state index in [4.69, 9.17) is 19.3 Å². The molecule has 0 fully saturated rings. The molecule has 24 heavy (non-hydrogen) atoms. The summed E-state index contributed by atoms with van der Waals surface area (Å²) >= 11 is 0. The largest absolute Gasteiger partial charge is 0.480 e. The molecule has 0 bridgehead atoms. The van der Waals surface area contributed by atoms with Crippen molar-refractivity contribution in [2.45, 2.75) is 24.7 Å². The van der Waals surface area contributed by atoms with Gasteiger partial charge in [0.05, 0.1) is 0 Å². The average molecular weight is 394 g/mol. The molecule has 13 nitrogen and oxygen atoms in total. The van der Waals surface area contributed by atoms with Crippen molar-refractivity contribution in [3.05, 3.63) is 0 Å². The number of hydrogen-bond donors (Lipinski definition) is 7. The first kappa shape index (κ1) is 22.6. The van der Waals surface area contributed by atoms with Crippen molar-refractivity contribution in [1.82, 2.24) is 10.6 Å². The summed E-state index contributed by atoms with van der Waals surface area (Å²) in [7, 11) is -9.47. The van der Waals surface area contributed by atoms with Crippen LogP contribution in [-0.4, -0.2) is 89.1 Å². The first-order valence-electron chi connectivity index (χ1n) is 6.16. The van der Waals surface area contributed by atoms with Crippen molar-refractivity contribution in [3.63, 3.8) is 0 Å². The molecule has 0 aliphatic carbocycles. The second kappa shape index (κ2) is 8.15. The Balaban J connectivity index is 4.94. The average Bonchev–Trinajstić information content (AvgIpc) is 2.29. The van der Waals surface area contributed by atoms with Gasteiger partial charge in [-0.1, -0.05) is 0 Å². The van der Waals surface area contributed by atoms with Gasteiger partial charge in [-0.25, -0.2) is 4.79 Å². The number of carboxylic acids is 2. The van der Waals surface area contributed by atoms with Gasteiger partial charge in [0.1, 0.15) is 17.5 Å². The summed E-state index contributed by atoms with van der Waals surface area (Å²) in [5.41, 5.74) is -3.06. The van der Waals surface area contributed by atoms with Crippen LogP contribution in [0.5, 0.6) is 0 Å². The number of carbonyl (C=O) groups is 2. The van der Waals surface area contributed by atoms with Gasteiger partial charge in [0.2, 0.25) is 5.72 Å². The summed E-state index contributed by atoms with van der Waals surface area (Å²) in [6.45, 7) is 0.796. The van der Waals surface area contributed by atoms with Crippen molar-refractivity contribution < 1.29 is 50.8 Å². The van der Waals surface area contributed by atoms with Crippen LogP contribution >= 0.6 is 0 Å². The molecule has 0 saturated carbocycles. The van der Waals surface area contributed by atoms with Gasteiger partial charge in [0, 0.05) is 12.6 Å². The predicted octanol–water partition coefficient (Wildman–Crippen LogP) is -3.44. The third-order valence-corrected chi connectivity index (χ3v) is 4.11. The van der Waals surface area contributed by atoms with Crippen molar-refractivity contribution in [2.75, 3.05) is 18.1 Å². The number of hydrogen-bond acceptors (Lipinski definition) is 9. The first-order valence-corrected chi connectivity index (χ1v) is 9.37. The maximum absolute atomic E-state index is 11.0. The summed E-state index contributed by atoms with van der Waals surface area (Å²) in [4.78, 5) is 21.8. The number of aliphatic hydroxyl groups is 1. The molecule has 142 valence electrons. The molecule has 7 N–H and O–H groups in total. The molecule has 3 unspecified atom stereocenters. The molecular weight excluding hydrogens is 376 g/mol. The van der Waals surface area contributed by atoms with E-state index < -0.39 is 68.0 Å². The maximum Gasteiger partial charge on any atom is 0.352 e. The summed E-state index contributed by atoms with van der Waals surface area (Å²) in [5, 5.41) is 31.5. The number of carboxylic acid groups (broad SMARTS) is 2. The number of aliphatic carboxylic acids is 2. The fourth-order valence-corrected chi connectivity index (χ4v) is 3.05. The molecular formula is C9H18N2O11S2. The zero-order valence-electron chi connectivity index (χ0n) is 12.3. The Bertz CT molecular complexity index is 674. The van der Waals surface area contributed by atoms with Crippen molar-refractivity contribution in [2.24, 2.45) is 0 Å². The van der Waals surface area contributed by atoms with Gasteiger partial charge in [-0.15, -0.1) is 0 Å². The summed E-state index contributed by atoms with van der Waals surface area (Å²) in [6.07, 6.45) is 0. The fourth-order valence-electron chi connectivity index (χ4n) is 1.63. The zero-order chi connectivity index (χ0) is 19.3. The standard InChI is InChI=1S/C9H18N2O11S2/c1-5(2-10-6(7(12)13)3-23(17,18)19)11-9(16,8(14)15)4-24(20,21)22/h5-6,10-11,16H,2-4H2,1H3,(H,12,13)(H,14,15)(H,17,18,19)(H,20,21,22). The van der Waals surface area contributed by atoms with Crippen molar-refractivity contribution in [3.8, 4) is 0 Å². The third-order valence-electron chi connectivity index (χ3n) is 2.58. The molecule has 0 aromatic rings. The second-order valence-corrected chi connectivity index (χ2v) is 7.93. The van der Waals surface area contributed by atoms with E-state index in [9.17, 15) is 31.5 Å². The van der Waals surface area contributed by atoms with E-state index in [0.717, 1.165) is 0 Å². The Morgan fingerprint density at radius 1 is 1.08 bits per heavy atom. The van der Waals surface area contributed by atoms with E-state index in [0.29, 0.717) is 0 Å². The van der Waals surface area contributed by atoms with Crippen LogP contribution in [0.3, 0.4) is 0 Å². The lowest BCUT2D eigenvalue weighted by molar-refractivity contribution is -0.160. The quantitative estimate of drug-likeness (QED) is 0.134. The Labute approximate surface area is 137 Å². The Morgan fingerprint density at radius 3 is 1.92 bits per heavy atom. The van der Waals surface area contributed by atoms with Crippen LogP contribution in [0, 0.1) is 0 Å². The van der Waals surface area contributed by atoms with Crippen LogP contribution in [0.15, 0.2) is 0 Å². The molecule has 0 aliphatic heterocycles. The highest BCUT2D eigenvalue weighted by Gasteiger charge is 2.41. The van der Waals surface area contributed by atoms with E-state index in [2.05, 4.69) is 5.32 Å². The van der Waals surface area contributed by atoms with Gasteiger partial charge in [0.15, 0.2) is 0 Å². The molecule has 0 aromatic heterocycles. The van der Waals surface area contributed by atoms with Crippen molar-refractivity contribution >= 4 is 32.2 Å². The minimum absolute atomic E-state index is 0.423. The highest BCUT2D eigenvalue weighted by Crippen LogP contribution is 2.06. The van der Waals surface area contributed by atoms with E-state index in [-0.39, 0.29) is 0 Å². The van der Waals surface area contributed by atoms with Crippen LogP contribution in [0.2, 0.25) is 0 Å². The van der Waals surface area contributed by atoms with E-state index in [1.807, 2.05) is 5.32 Å².